The van der Waals surface area contributed by atoms with Crippen LogP contribution in [-0.4, -0.2) is 13.2 Å². The minimum atomic E-state index is 0.208. The van der Waals surface area contributed by atoms with Crippen LogP contribution in [0.2, 0.25) is 0 Å². The fourth-order valence-electron chi connectivity index (χ4n) is 2.11. The van der Waals surface area contributed by atoms with Crippen LogP contribution in [0.15, 0.2) is 41.1 Å². The summed E-state index contributed by atoms with van der Waals surface area (Å²) in [5.74, 6) is 0.943. The van der Waals surface area contributed by atoms with Crippen LogP contribution in [0.3, 0.4) is 0 Å². The van der Waals surface area contributed by atoms with Crippen LogP contribution in [0.25, 0.3) is 0 Å². The molecule has 0 aliphatic rings. The molecule has 0 spiro atoms. The van der Waals surface area contributed by atoms with Crippen LogP contribution in [0, 0.1) is 0 Å². The predicted octanol–water partition coefficient (Wildman–Crippen LogP) is 4.04. The molecule has 102 valence electrons. The van der Waals surface area contributed by atoms with E-state index in [4.69, 9.17) is 4.74 Å². The average molecular weight is 275 g/mol. The molecular weight excluding hydrogens is 254 g/mol. The van der Waals surface area contributed by atoms with E-state index in [0.29, 0.717) is 6.04 Å². The summed E-state index contributed by atoms with van der Waals surface area (Å²) in [5, 5.41) is 7.72. The minimum absolute atomic E-state index is 0.208. The number of thiophene rings is 1. The first-order chi connectivity index (χ1) is 9.19. The number of ether oxygens (including phenoxy) is 1. The van der Waals surface area contributed by atoms with Crippen molar-refractivity contribution in [1.82, 2.24) is 5.32 Å². The molecule has 0 bridgehead atoms. The van der Waals surface area contributed by atoms with Crippen molar-refractivity contribution in [2.75, 3.05) is 7.05 Å². The molecule has 0 saturated heterocycles. The molecule has 0 amide bonds. The van der Waals surface area contributed by atoms with E-state index in [0.717, 1.165) is 12.2 Å². The molecule has 2 aromatic rings. The normalized spacial score (nSPS) is 12.6. The van der Waals surface area contributed by atoms with Gasteiger partial charge in [0.25, 0.3) is 0 Å². The zero-order chi connectivity index (χ0) is 13.7. The van der Waals surface area contributed by atoms with Crippen LogP contribution in [0.4, 0.5) is 0 Å². The highest BCUT2D eigenvalue weighted by molar-refractivity contribution is 7.07. The Morgan fingerprint density at radius 2 is 2.11 bits per heavy atom. The van der Waals surface area contributed by atoms with E-state index >= 15 is 0 Å². The van der Waals surface area contributed by atoms with Crippen LogP contribution in [0.1, 0.15) is 31.0 Å². The van der Waals surface area contributed by atoms with E-state index in [9.17, 15) is 0 Å². The van der Waals surface area contributed by atoms with Gasteiger partial charge < -0.3 is 10.1 Å². The van der Waals surface area contributed by atoms with E-state index in [1.807, 2.05) is 27.0 Å². The Kier molecular flexibility index (Phi) is 5.00. The molecule has 3 heteroatoms. The number of hydrogen-bond acceptors (Lipinski definition) is 3. The van der Waals surface area contributed by atoms with Crippen LogP contribution < -0.4 is 10.1 Å². The maximum Gasteiger partial charge on any atom is 0.120 e. The smallest absolute Gasteiger partial charge is 0.120 e. The number of benzene rings is 1. The molecule has 1 unspecified atom stereocenters. The van der Waals surface area contributed by atoms with Crippen molar-refractivity contribution in [1.29, 1.82) is 0 Å². The van der Waals surface area contributed by atoms with Gasteiger partial charge in [0, 0.05) is 6.04 Å². The largest absolute Gasteiger partial charge is 0.491 e. The second-order valence-electron chi connectivity index (χ2n) is 4.92. The van der Waals surface area contributed by atoms with Crippen molar-refractivity contribution < 1.29 is 4.74 Å². The summed E-state index contributed by atoms with van der Waals surface area (Å²) in [6, 6.07) is 10.9. The van der Waals surface area contributed by atoms with Gasteiger partial charge in [-0.2, -0.15) is 11.3 Å². The molecule has 0 radical (unpaired) electrons. The Labute approximate surface area is 119 Å². The quantitative estimate of drug-likeness (QED) is 0.859. The van der Waals surface area contributed by atoms with Crippen LogP contribution in [0.5, 0.6) is 5.75 Å². The van der Waals surface area contributed by atoms with E-state index in [1.54, 1.807) is 11.3 Å². The first-order valence-electron chi connectivity index (χ1n) is 6.64. The Morgan fingerprint density at radius 1 is 1.26 bits per heavy atom. The lowest BCUT2D eigenvalue weighted by atomic mass is 10.0. The Morgan fingerprint density at radius 3 is 2.74 bits per heavy atom. The molecule has 1 aromatic carbocycles. The molecule has 1 atom stereocenters. The van der Waals surface area contributed by atoms with E-state index < -0.39 is 0 Å². The van der Waals surface area contributed by atoms with Gasteiger partial charge in [-0.15, -0.1) is 0 Å². The second kappa shape index (κ2) is 6.73. The molecule has 0 aliphatic carbocycles. The topological polar surface area (TPSA) is 21.3 Å². The molecule has 19 heavy (non-hydrogen) atoms. The zero-order valence-corrected chi connectivity index (χ0v) is 12.5. The summed E-state index contributed by atoms with van der Waals surface area (Å²) in [4.78, 5) is 0. The molecule has 1 N–H and O–H groups in total. The summed E-state index contributed by atoms with van der Waals surface area (Å²) in [6.45, 7) is 4.10. The van der Waals surface area contributed by atoms with Crippen molar-refractivity contribution in [2.24, 2.45) is 0 Å². The first kappa shape index (κ1) is 14.1. The highest BCUT2D eigenvalue weighted by Crippen LogP contribution is 2.23. The van der Waals surface area contributed by atoms with Crippen molar-refractivity contribution >= 4 is 11.3 Å². The standard InChI is InChI=1S/C16H21NOS/c1-12(2)18-15-6-4-5-14(10-15)16(17-3)9-13-7-8-19-11-13/h4-8,10-12,16-17H,9H2,1-3H3. The maximum atomic E-state index is 5.76. The molecule has 1 aromatic heterocycles. The van der Waals surface area contributed by atoms with Crippen molar-refractivity contribution in [3.8, 4) is 5.75 Å². The van der Waals surface area contributed by atoms with Crippen molar-refractivity contribution in [3.05, 3.63) is 52.2 Å². The number of likely N-dealkylation sites (N-methyl/N-ethyl adjacent to an activating group) is 1. The molecule has 2 nitrogen and oxygen atoms in total. The van der Waals surface area contributed by atoms with Gasteiger partial charge >= 0.3 is 0 Å². The monoisotopic (exact) mass is 275 g/mol. The third kappa shape index (κ3) is 4.08. The Balaban J connectivity index is 2.13. The van der Waals surface area contributed by atoms with E-state index in [-0.39, 0.29) is 6.10 Å². The van der Waals surface area contributed by atoms with Gasteiger partial charge in [0.15, 0.2) is 0 Å². The van der Waals surface area contributed by atoms with Crippen molar-refractivity contribution in [2.45, 2.75) is 32.4 Å². The second-order valence-corrected chi connectivity index (χ2v) is 5.70. The fraction of sp³-hybridized carbons (Fsp3) is 0.375. The molecule has 2 rings (SSSR count). The van der Waals surface area contributed by atoms with Gasteiger partial charge in [-0.3, -0.25) is 0 Å². The Hall–Kier alpha value is -1.32. The number of nitrogens with one attached hydrogen (secondary N) is 1. The van der Waals surface area contributed by atoms with E-state index in [2.05, 4.69) is 40.3 Å². The highest BCUT2D eigenvalue weighted by Gasteiger charge is 2.11. The number of rotatable bonds is 6. The SMILES string of the molecule is CNC(Cc1ccsc1)c1cccc(OC(C)C)c1. The van der Waals surface area contributed by atoms with Gasteiger partial charge in [-0.25, -0.2) is 0 Å². The van der Waals surface area contributed by atoms with Crippen molar-refractivity contribution in [3.63, 3.8) is 0 Å². The zero-order valence-electron chi connectivity index (χ0n) is 11.7. The lowest BCUT2D eigenvalue weighted by molar-refractivity contribution is 0.242. The van der Waals surface area contributed by atoms with Gasteiger partial charge in [-0.1, -0.05) is 12.1 Å². The van der Waals surface area contributed by atoms with Gasteiger partial charge in [0.1, 0.15) is 5.75 Å². The van der Waals surface area contributed by atoms with Crippen LogP contribution in [-0.2, 0) is 6.42 Å². The Bertz CT molecular complexity index is 493. The summed E-state index contributed by atoms with van der Waals surface area (Å²) < 4.78 is 5.76. The third-order valence-corrected chi connectivity index (χ3v) is 3.73. The predicted molar refractivity (Wildman–Crippen MR) is 82.0 cm³/mol. The third-order valence-electron chi connectivity index (χ3n) is 3.00. The fourth-order valence-corrected chi connectivity index (χ4v) is 2.79. The molecule has 0 saturated carbocycles. The molecular formula is C16H21NOS. The van der Waals surface area contributed by atoms with Gasteiger partial charge in [0.05, 0.1) is 6.10 Å². The maximum absolute atomic E-state index is 5.76. The van der Waals surface area contributed by atoms with Gasteiger partial charge in [0.2, 0.25) is 0 Å². The average Bonchev–Trinajstić information content (AvgIpc) is 2.88. The first-order valence-corrected chi connectivity index (χ1v) is 7.58. The minimum Gasteiger partial charge on any atom is -0.491 e. The lowest BCUT2D eigenvalue weighted by Crippen LogP contribution is -2.18. The van der Waals surface area contributed by atoms with Crippen LogP contribution >= 0.6 is 11.3 Å². The number of hydrogen-bond donors (Lipinski definition) is 1. The van der Waals surface area contributed by atoms with E-state index in [1.165, 1.54) is 11.1 Å². The molecule has 1 heterocycles. The molecule has 0 aliphatic heterocycles. The highest BCUT2D eigenvalue weighted by atomic mass is 32.1. The lowest BCUT2D eigenvalue weighted by Gasteiger charge is -2.18. The summed E-state index contributed by atoms with van der Waals surface area (Å²) >= 11 is 1.75. The summed E-state index contributed by atoms with van der Waals surface area (Å²) in [5.41, 5.74) is 2.64. The summed E-state index contributed by atoms with van der Waals surface area (Å²) in [7, 11) is 2.01. The van der Waals surface area contributed by atoms with Gasteiger partial charge in [-0.05, 0) is 67.4 Å². The molecule has 0 fully saturated rings. The summed E-state index contributed by atoms with van der Waals surface area (Å²) in [6.07, 6.45) is 1.21.